The topological polar surface area (TPSA) is 74.3 Å². The Morgan fingerprint density at radius 3 is 2.88 bits per heavy atom. The molecule has 2 heterocycles. The summed E-state index contributed by atoms with van der Waals surface area (Å²) >= 11 is 0. The van der Waals surface area contributed by atoms with Gasteiger partial charge in [-0.05, 0) is 25.0 Å². The number of hydrogen-bond acceptors (Lipinski definition) is 4. The molecule has 0 amide bonds. The lowest BCUT2D eigenvalue weighted by Gasteiger charge is -2.12. The summed E-state index contributed by atoms with van der Waals surface area (Å²) in [7, 11) is 1.51. The minimum atomic E-state index is -0.129. The first-order chi connectivity index (χ1) is 7.74. The highest BCUT2D eigenvalue weighted by molar-refractivity contribution is 5.22. The molecule has 1 saturated heterocycles. The fourth-order valence-corrected chi connectivity index (χ4v) is 2.07. The molecule has 3 N–H and O–H groups in total. The molecule has 88 valence electrons. The van der Waals surface area contributed by atoms with Gasteiger partial charge in [0, 0.05) is 17.6 Å². The Hall–Kier alpha value is -1.33. The number of ether oxygens (including phenoxy) is 1. The highest BCUT2D eigenvalue weighted by Crippen LogP contribution is 2.24. The number of aliphatic hydroxyl groups is 1. The molecular weight excluding hydrogens is 208 g/mol. The molecule has 0 saturated carbocycles. The zero-order valence-corrected chi connectivity index (χ0v) is 9.19. The van der Waals surface area contributed by atoms with E-state index in [2.05, 4.69) is 10.3 Å². The van der Waals surface area contributed by atoms with Crippen LogP contribution in [0.1, 0.15) is 24.4 Å². The molecule has 0 radical (unpaired) electrons. The molecule has 5 heteroatoms. The van der Waals surface area contributed by atoms with E-state index in [1.807, 2.05) is 0 Å². The number of H-pyrrole nitrogens is 1. The van der Waals surface area contributed by atoms with Gasteiger partial charge in [-0.1, -0.05) is 0 Å². The average molecular weight is 224 g/mol. The maximum atomic E-state index is 11.7. The Morgan fingerprint density at radius 2 is 2.31 bits per heavy atom. The van der Waals surface area contributed by atoms with Gasteiger partial charge in [-0.3, -0.25) is 9.78 Å². The molecule has 5 nitrogen and oxygen atoms in total. The Labute approximate surface area is 93.5 Å². The zero-order chi connectivity index (χ0) is 11.5. The summed E-state index contributed by atoms with van der Waals surface area (Å²) in [5.74, 6) is 0.463. The van der Waals surface area contributed by atoms with E-state index >= 15 is 0 Å². The lowest BCUT2D eigenvalue weighted by atomic mass is 10.1. The van der Waals surface area contributed by atoms with Crippen LogP contribution in [0, 0.1) is 0 Å². The number of aromatic amines is 1. The number of nitrogens with one attached hydrogen (secondary N) is 2. The van der Waals surface area contributed by atoms with Gasteiger partial charge < -0.3 is 15.2 Å². The number of hydrogen-bond donors (Lipinski definition) is 3. The van der Waals surface area contributed by atoms with Crippen LogP contribution < -0.4 is 15.6 Å². The number of rotatable bonds is 3. The van der Waals surface area contributed by atoms with Crippen LogP contribution in [-0.2, 0) is 0 Å². The first-order valence-corrected chi connectivity index (χ1v) is 5.38. The third kappa shape index (κ3) is 2.10. The Balaban J connectivity index is 2.19. The molecule has 0 bridgehead atoms. The van der Waals surface area contributed by atoms with E-state index in [1.165, 1.54) is 7.11 Å². The molecule has 0 spiro atoms. The molecular formula is C11H16N2O3. The molecule has 2 atom stereocenters. The van der Waals surface area contributed by atoms with Crippen LogP contribution in [0.15, 0.2) is 16.9 Å². The fourth-order valence-electron chi connectivity index (χ4n) is 2.07. The van der Waals surface area contributed by atoms with E-state index in [0.717, 1.165) is 12.8 Å². The standard InChI is InChI=1S/C11H16N2O3/c1-16-10-5-3-8(11(15)13-10)9-4-2-7(6-14)12-9/h3,5,7,9,12,14H,2,4,6H2,1H3,(H,13,15). The third-order valence-electron chi connectivity index (χ3n) is 2.97. The van der Waals surface area contributed by atoms with Crippen LogP contribution in [0.2, 0.25) is 0 Å². The van der Waals surface area contributed by atoms with Gasteiger partial charge in [0.1, 0.15) is 0 Å². The SMILES string of the molecule is COc1ccc(C2CCC(CO)N2)c(=O)[nH]1. The predicted molar refractivity (Wildman–Crippen MR) is 59.6 cm³/mol. The number of aromatic nitrogens is 1. The molecule has 16 heavy (non-hydrogen) atoms. The van der Waals surface area contributed by atoms with Crippen molar-refractivity contribution in [2.24, 2.45) is 0 Å². The molecule has 0 aromatic carbocycles. The second-order valence-electron chi connectivity index (χ2n) is 3.99. The Bertz CT molecular complexity index is 416. The van der Waals surface area contributed by atoms with Gasteiger partial charge in [0.05, 0.1) is 13.7 Å². The van der Waals surface area contributed by atoms with Crippen molar-refractivity contribution in [2.75, 3.05) is 13.7 Å². The van der Waals surface area contributed by atoms with E-state index in [1.54, 1.807) is 12.1 Å². The molecule has 1 aliphatic heterocycles. The van der Waals surface area contributed by atoms with Crippen LogP contribution in [0.25, 0.3) is 0 Å². The molecule has 2 unspecified atom stereocenters. The van der Waals surface area contributed by atoms with Gasteiger partial charge in [-0.15, -0.1) is 0 Å². The van der Waals surface area contributed by atoms with E-state index in [0.29, 0.717) is 11.4 Å². The van der Waals surface area contributed by atoms with Crippen molar-refractivity contribution in [3.05, 3.63) is 28.0 Å². The van der Waals surface area contributed by atoms with Gasteiger partial charge in [0.25, 0.3) is 5.56 Å². The lowest BCUT2D eigenvalue weighted by molar-refractivity contribution is 0.251. The minimum Gasteiger partial charge on any atom is -0.482 e. The molecule has 2 rings (SSSR count). The highest BCUT2D eigenvalue weighted by atomic mass is 16.5. The van der Waals surface area contributed by atoms with Crippen LogP contribution in [-0.4, -0.2) is 29.8 Å². The highest BCUT2D eigenvalue weighted by Gasteiger charge is 2.25. The van der Waals surface area contributed by atoms with Crippen molar-refractivity contribution >= 4 is 0 Å². The quantitative estimate of drug-likeness (QED) is 0.684. The number of pyridine rings is 1. The fraction of sp³-hybridized carbons (Fsp3) is 0.545. The first kappa shape index (κ1) is 11.2. The minimum absolute atomic E-state index is 0.0341. The molecule has 0 aliphatic carbocycles. The van der Waals surface area contributed by atoms with E-state index in [9.17, 15) is 4.79 Å². The summed E-state index contributed by atoms with van der Waals surface area (Å²) in [4.78, 5) is 14.4. The monoisotopic (exact) mass is 224 g/mol. The van der Waals surface area contributed by atoms with Gasteiger partial charge >= 0.3 is 0 Å². The van der Waals surface area contributed by atoms with Crippen molar-refractivity contribution in [3.63, 3.8) is 0 Å². The maximum absolute atomic E-state index is 11.7. The Kier molecular flexibility index (Phi) is 3.26. The maximum Gasteiger partial charge on any atom is 0.255 e. The summed E-state index contributed by atoms with van der Waals surface area (Å²) in [5.41, 5.74) is 0.576. The molecule has 1 aromatic heterocycles. The molecule has 1 fully saturated rings. The lowest BCUT2D eigenvalue weighted by Crippen LogP contribution is -2.30. The summed E-state index contributed by atoms with van der Waals surface area (Å²) in [6, 6.07) is 3.65. The van der Waals surface area contributed by atoms with Crippen molar-refractivity contribution in [3.8, 4) is 5.88 Å². The van der Waals surface area contributed by atoms with Crippen molar-refractivity contribution in [1.29, 1.82) is 0 Å². The van der Waals surface area contributed by atoms with Crippen molar-refractivity contribution in [1.82, 2.24) is 10.3 Å². The first-order valence-electron chi connectivity index (χ1n) is 5.38. The van der Waals surface area contributed by atoms with Crippen LogP contribution in [0.3, 0.4) is 0 Å². The zero-order valence-electron chi connectivity index (χ0n) is 9.19. The number of methoxy groups -OCH3 is 1. The van der Waals surface area contributed by atoms with Crippen molar-refractivity contribution < 1.29 is 9.84 Å². The van der Waals surface area contributed by atoms with Gasteiger partial charge in [0.15, 0.2) is 5.88 Å². The van der Waals surface area contributed by atoms with Crippen LogP contribution in [0.4, 0.5) is 0 Å². The molecule has 1 aromatic rings. The second kappa shape index (κ2) is 4.67. The normalized spacial score (nSPS) is 24.6. The summed E-state index contributed by atoms with van der Waals surface area (Å²) < 4.78 is 4.94. The van der Waals surface area contributed by atoms with E-state index < -0.39 is 0 Å². The summed E-state index contributed by atoms with van der Waals surface area (Å²) in [5, 5.41) is 12.2. The smallest absolute Gasteiger partial charge is 0.255 e. The Morgan fingerprint density at radius 1 is 1.50 bits per heavy atom. The van der Waals surface area contributed by atoms with Crippen LogP contribution in [0.5, 0.6) is 5.88 Å². The third-order valence-corrected chi connectivity index (χ3v) is 2.97. The average Bonchev–Trinajstić information content (AvgIpc) is 2.77. The van der Waals surface area contributed by atoms with Gasteiger partial charge in [-0.25, -0.2) is 0 Å². The predicted octanol–water partition coefficient (Wildman–Crippen LogP) is 0.169. The van der Waals surface area contributed by atoms with Gasteiger partial charge in [0.2, 0.25) is 0 Å². The largest absolute Gasteiger partial charge is 0.482 e. The summed E-state index contributed by atoms with van der Waals surface area (Å²) in [6.07, 6.45) is 1.77. The van der Waals surface area contributed by atoms with E-state index in [-0.39, 0.29) is 24.2 Å². The van der Waals surface area contributed by atoms with E-state index in [4.69, 9.17) is 9.84 Å². The van der Waals surface area contributed by atoms with Gasteiger partial charge in [-0.2, -0.15) is 0 Å². The number of aliphatic hydroxyl groups excluding tert-OH is 1. The summed E-state index contributed by atoms with van der Waals surface area (Å²) in [6.45, 7) is 0.116. The molecule has 1 aliphatic rings. The van der Waals surface area contributed by atoms with Crippen LogP contribution >= 0.6 is 0 Å². The second-order valence-corrected chi connectivity index (χ2v) is 3.99. The van der Waals surface area contributed by atoms with Crippen molar-refractivity contribution in [2.45, 2.75) is 24.9 Å².